The molecule has 0 atom stereocenters. The Morgan fingerprint density at radius 2 is 2.04 bits per heavy atom. The van der Waals surface area contributed by atoms with E-state index in [2.05, 4.69) is 4.99 Å². The molecular weight excluding hydrogens is 316 g/mol. The number of aliphatic imine (C=N–C) groups is 1. The van der Waals surface area contributed by atoms with Gasteiger partial charge in [0.15, 0.2) is 0 Å². The minimum absolute atomic E-state index is 0.275. The Morgan fingerprint density at radius 1 is 1.24 bits per heavy atom. The molecule has 1 heterocycles. The van der Waals surface area contributed by atoms with Gasteiger partial charge >= 0.3 is 5.97 Å². The number of benzene rings is 2. The van der Waals surface area contributed by atoms with Crippen molar-refractivity contribution in [1.82, 2.24) is 0 Å². The fourth-order valence-electron chi connectivity index (χ4n) is 2.81. The first-order valence-corrected chi connectivity index (χ1v) is 8.10. The average Bonchev–Trinajstić information content (AvgIpc) is 2.79. The Labute approximate surface area is 146 Å². The van der Waals surface area contributed by atoms with Crippen molar-refractivity contribution in [3.63, 3.8) is 0 Å². The van der Waals surface area contributed by atoms with E-state index in [0.29, 0.717) is 18.0 Å². The van der Waals surface area contributed by atoms with Crippen molar-refractivity contribution in [2.45, 2.75) is 13.3 Å². The number of methoxy groups -OCH3 is 1. The summed E-state index contributed by atoms with van der Waals surface area (Å²) in [4.78, 5) is 16.6. The zero-order chi connectivity index (χ0) is 17.8. The van der Waals surface area contributed by atoms with Crippen molar-refractivity contribution in [3.05, 3.63) is 53.6 Å². The van der Waals surface area contributed by atoms with Crippen LogP contribution in [0.15, 0.2) is 53.0 Å². The van der Waals surface area contributed by atoms with Gasteiger partial charge in [-0.05, 0) is 36.8 Å². The van der Waals surface area contributed by atoms with E-state index in [1.807, 2.05) is 42.5 Å². The summed E-state index contributed by atoms with van der Waals surface area (Å²) in [6.07, 6.45) is 2.08. The average molecular weight is 336 g/mol. The summed E-state index contributed by atoms with van der Waals surface area (Å²) in [5.74, 6) is 0.813. The number of para-hydroxylation sites is 1. The molecule has 0 saturated carbocycles. The van der Waals surface area contributed by atoms with Crippen molar-refractivity contribution < 1.29 is 14.3 Å². The molecule has 0 radical (unpaired) electrons. The molecule has 0 spiro atoms. The van der Waals surface area contributed by atoms with Crippen LogP contribution in [0.3, 0.4) is 0 Å². The summed E-state index contributed by atoms with van der Waals surface area (Å²) in [7, 11) is 1.64. The van der Waals surface area contributed by atoms with Gasteiger partial charge in [0.05, 0.1) is 19.4 Å². The summed E-state index contributed by atoms with van der Waals surface area (Å²) >= 11 is 0. The number of nitrogens with zero attached hydrogens (tertiary/aromatic N) is 1. The van der Waals surface area contributed by atoms with E-state index in [4.69, 9.17) is 15.2 Å². The normalized spacial score (nSPS) is 13.2. The topological polar surface area (TPSA) is 73.9 Å². The molecule has 128 valence electrons. The first-order chi connectivity index (χ1) is 12.1. The van der Waals surface area contributed by atoms with Gasteiger partial charge in [-0.2, -0.15) is 0 Å². The minimum atomic E-state index is -0.365. The van der Waals surface area contributed by atoms with Gasteiger partial charge in [-0.3, -0.25) is 0 Å². The number of nitrogens with two attached hydrogens (primary N) is 1. The molecule has 1 aliphatic heterocycles. The van der Waals surface area contributed by atoms with Crippen LogP contribution in [0, 0.1) is 0 Å². The molecule has 0 saturated heterocycles. The van der Waals surface area contributed by atoms with Crippen molar-refractivity contribution in [2.24, 2.45) is 10.7 Å². The fraction of sp³-hybridized carbons (Fsp3) is 0.200. The zero-order valence-electron chi connectivity index (χ0n) is 14.3. The number of amidine groups is 1. The van der Waals surface area contributed by atoms with Gasteiger partial charge in [0.1, 0.15) is 11.6 Å². The van der Waals surface area contributed by atoms with E-state index in [1.54, 1.807) is 20.1 Å². The second-order valence-electron chi connectivity index (χ2n) is 5.64. The molecule has 2 N–H and O–H groups in total. The van der Waals surface area contributed by atoms with Gasteiger partial charge in [-0.15, -0.1) is 0 Å². The van der Waals surface area contributed by atoms with E-state index in [0.717, 1.165) is 28.1 Å². The highest BCUT2D eigenvalue weighted by atomic mass is 16.5. The standard InChI is InChI=1S/C20H20N2O3/c1-3-25-20(23)15-11-14-10-13(8-9-17(14)22-19(21)12-15)16-6-4-5-7-18(16)24-2/h4-11H,3,12H2,1-2H3,(H2,21,22). The van der Waals surface area contributed by atoms with Crippen LogP contribution in [0.25, 0.3) is 17.2 Å². The van der Waals surface area contributed by atoms with Crippen molar-refractivity contribution in [2.75, 3.05) is 13.7 Å². The molecule has 0 bridgehead atoms. The second kappa shape index (κ2) is 7.21. The van der Waals surface area contributed by atoms with E-state index < -0.39 is 0 Å². The van der Waals surface area contributed by atoms with Crippen LogP contribution in [0.4, 0.5) is 5.69 Å². The summed E-state index contributed by atoms with van der Waals surface area (Å²) in [6, 6.07) is 13.6. The lowest BCUT2D eigenvalue weighted by molar-refractivity contribution is -0.138. The number of rotatable bonds is 4. The van der Waals surface area contributed by atoms with Gasteiger partial charge in [-0.25, -0.2) is 9.79 Å². The third-order valence-electron chi connectivity index (χ3n) is 3.95. The largest absolute Gasteiger partial charge is 0.496 e. The lowest BCUT2D eigenvalue weighted by Crippen LogP contribution is -2.16. The predicted octanol–water partition coefficient (Wildman–Crippen LogP) is 3.70. The van der Waals surface area contributed by atoms with Crippen LogP contribution in [0.1, 0.15) is 18.9 Å². The number of ether oxygens (including phenoxy) is 2. The van der Waals surface area contributed by atoms with Crippen LogP contribution in [0.5, 0.6) is 5.75 Å². The van der Waals surface area contributed by atoms with Gasteiger partial charge in [0, 0.05) is 23.1 Å². The molecule has 0 fully saturated rings. The fourth-order valence-corrected chi connectivity index (χ4v) is 2.81. The van der Waals surface area contributed by atoms with Crippen LogP contribution < -0.4 is 10.5 Å². The maximum absolute atomic E-state index is 12.1. The van der Waals surface area contributed by atoms with Crippen LogP contribution in [-0.4, -0.2) is 25.5 Å². The summed E-state index contributed by atoms with van der Waals surface area (Å²) in [6.45, 7) is 2.10. The van der Waals surface area contributed by atoms with E-state index in [-0.39, 0.29) is 12.4 Å². The maximum Gasteiger partial charge on any atom is 0.334 e. The highest BCUT2D eigenvalue weighted by Gasteiger charge is 2.17. The Balaban J connectivity index is 2.09. The molecule has 0 amide bonds. The second-order valence-corrected chi connectivity index (χ2v) is 5.64. The quantitative estimate of drug-likeness (QED) is 0.864. The Kier molecular flexibility index (Phi) is 4.84. The predicted molar refractivity (Wildman–Crippen MR) is 98.9 cm³/mol. The van der Waals surface area contributed by atoms with E-state index in [1.165, 1.54) is 0 Å². The lowest BCUT2D eigenvalue weighted by atomic mass is 9.99. The monoisotopic (exact) mass is 336 g/mol. The summed E-state index contributed by atoms with van der Waals surface area (Å²) < 4.78 is 10.6. The third kappa shape index (κ3) is 3.55. The minimum Gasteiger partial charge on any atom is -0.496 e. The summed E-state index contributed by atoms with van der Waals surface area (Å²) in [5, 5.41) is 0. The van der Waals surface area contributed by atoms with Gasteiger partial charge < -0.3 is 15.2 Å². The van der Waals surface area contributed by atoms with Crippen LogP contribution in [0.2, 0.25) is 0 Å². The van der Waals surface area contributed by atoms with Crippen molar-refractivity contribution >= 4 is 23.6 Å². The number of carbonyl (C=O) groups is 1. The molecule has 0 aromatic heterocycles. The molecule has 2 aromatic carbocycles. The number of carbonyl (C=O) groups excluding carboxylic acids is 1. The Bertz CT molecular complexity index is 869. The number of hydrogen-bond donors (Lipinski definition) is 1. The first kappa shape index (κ1) is 16.8. The number of fused-ring (bicyclic) bond motifs is 1. The molecular formula is C20H20N2O3. The molecule has 5 heteroatoms. The molecule has 0 aliphatic carbocycles. The SMILES string of the molecule is CCOC(=O)C1=Cc2cc(-c3ccccc3OC)ccc2N=C(N)C1. The number of esters is 1. The maximum atomic E-state index is 12.1. The van der Waals surface area contributed by atoms with E-state index in [9.17, 15) is 4.79 Å². The molecule has 2 aromatic rings. The summed E-state index contributed by atoms with van der Waals surface area (Å²) in [5.41, 5.74) is 9.96. The highest BCUT2D eigenvalue weighted by molar-refractivity contribution is 6.03. The lowest BCUT2D eigenvalue weighted by Gasteiger charge is -2.10. The van der Waals surface area contributed by atoms with Gasteiger partial charge in [0.25, 0.3) is 0 Å². The first-order valence-electron chi connectivity index (χ1n) is 8.10. The third-order valence-corrected chi connectivity index (χ3v) is 3.95. The molecule has 0 unspecified atom stereocenters. The van der Waals surface area contributed by atoms with Crippen molar-refractivity contribution in [3.8, 4) is 16.9 Å². The molecule has 1 aliphatic rings. The van der Waals surface area contributed by atoms with Gasteiger partial charge in [0.2, 0.25) is 0 Å². The highest BCUT2D eigenvalue weighted by Crippen LogP contribution is 2.35. The smallest absolute Gasteiger partial charge is 0.334 e. The molecule has 3 rings (SSSR count). The Hall–Kier alpha value is -3.08. The molecule has 25 heavy (non-hydrogen) atoms. The number of hydrogen-bond acceptors (Lipinski definition) is 5. The van der Waals surface area contributed by atoms with Crippen LogP contribution >= 0.6 is 0 Å². The molecule has 5 nitrogen and oxygen atoms in total. The zero-order valence-corrected chi connectivity index (χ0v) is 14.3. The van der Waals surface area contributed by atoms with Crippen LogP contribution in [-0.2, 0) is 9.53 Å². The van der Waals surface area contributed by atoms with Gasteiger partial charge in [-0.1, -0.05) is 24.3 Å². The van der Waals surface area contributed by atoms with Crippen molar-refractivity contribution in [1.29, 1.82) is 0 Å². The van der Waals surface area contributed by atoms with E-state index >= 15 is 0 Å². The Morgan fingerprint density at radius 3 is 2.80 bits per heavy atom.